The van der Waals surface area contributed by atoms with Crippen LogP contribution < -0.4 is 16.6 Å². The molecular weight excluding hydrogens is 280 g/mol. The number of nitrogens with one attached hydrogen (secondary N) is 1. The van der Waals surface area contributed by atoms with Gasteiger partial charge in [0, 0.05) is 57.6 Å². The summed E-state index contributed by atoms with van der Waals surface area (Å²) in [6.07, 6.45) is 0. The first-order valence-corrected chi connectivity index (χ1v) is 6.63. The van der Waals surface area contributed by atoms with Crippen LogP contribution in [-0.2, 0) is 20.6 Å². The van der Waals surface area contributed by atoms with Crippen molar-refractivity contribution in [3.63, 3.8) is 0 Å². The van der Waals surface area contributed by atoms with E-state index in [4.69, 9.17) is 0 Å². The van der Waals surface area contributed by atoms with Crippen LogP contribution in [0.15, 0.2) is 15.7 Å². The van der Waals surface area contributed by atoms with Gasteiger partial charge >= 0.3 is 5.69 Å². The minimum Gasteiger partial charge on any atom is -0.309 e. The van der Waals surface area contributed by atoms with Gasteiger partial charge in [0.15, 0.2) is 0 Å². The molecule has 0 radical (unpaired) electrons. The molecule has 2 heterocycles. The molecule has 0 spiro atoms. The molecule has 0 bridgehead atoms. The molecule has 1 fully saturated rings. The van der Waals surface area contributed by atoms with Crippen LogP contribution in [-0.4, -0.2) is 39.2 Å². The van der Waals surface area contributed by atoms with Crippen molar-refractivity contribution in [3.05, 3.63) is 32.6 Å². The molecule has 1 aliphatic heterocycles. The Morgan fingerprint density at radius 3 is 2.25 bits per heavy atom. The molecule has 1 saturated heterocycles. The molecule has 2 atom stereocenters. The minimum absolute atomic E-state index is 0. The third-order valence-corrected chi connectivity index (χ3v) is 3.64. The SMILES string of the molecule is CC1CN(Cc2cc(=O)n(C)c(=O)n2C)CC(C)N1.Cl. The lowest BCUT2D eigenvalue weighted by Gasteiger charge is -2.36. The number of hydrogen-bond donors (Lipinski definition) is 1. The first-order valence-electron chi connectivity index (χ1n) is 6.63. The number of halogens is 1. The highest BCUT2D eigenvalue weighted by Gasteiger charge is 2.21. The molecule has 0 amide bonds. The van der Waals surface area contributed by atoms with Crippen LogP contribution in [0.4, 0.5) is 0 Å². The van der Waals surface area contributed by atoms with Gasteiger partial charge in [-0.2, -0.15) is 0 Å². The van der Waals surface area contributed by atoms with Gasteiger partial charge in [-0.25, -0.2) is 4.79 Å². The molecule has 114 valence electrons. The number of aromatic nitrogens is 2. The van der Waals surface area contributed by atoms with Crippen molar-refractivity contribution in [3.8, 4) is 0 Å². The van der Waals surface area contributed by atoms with Crippen molar-refractivity contribution in [2.75, 3.05) is 13.1 Å². The summed E-state index contributed by atoms with van der Waals surface area (Å²) in [4.78, 5) is 25.9. The van der Waals surface area contributed by atoms with E-state index < -0.39 is 0 Å². The lowest BCUT2D eigenvalue weighted by atomic mass is 10.1. The van der Waals surface area contributed by atoms with E-state index in [0.29, 0.717) is 18.6 Å². The van der Waals surface area contributed by atoms with Gasteiger partial charge in [0.25, 0.3) is 5.56 Å². The maximum absolute atomic E-state index is 11.9. The second-order valence-electron chi connectivity index (χ2n) is 5.54. The van der Waals surface area contributed by atoms with Crippen LogP contribution in [0.25, 0.3) is 0 Å². The van der Waals surface area contributed by atoms with E-state index in [1.807, 2.05) is 0 Å². The van der Waals surface area contributed by atoms with Gasteiger partial charge in [-0.1, -0.05) is 0 Å². The first kappa shape index (κ1) is 16.9. The van der Waals surface area contributed by atoms with Crippen LogP contribution in [0.5, 0.6) is 0 Å². The van der Waals surface area contributed by atoms with Gasteiger partial charge in [0.2, 0.25) is 0 Å². The smallest absolute Gasteiger partial charge is 0.309 e. The molecule has 0 aromatic carbocycles. The molecule has 6 nitrogen and oxygen atoms in total. The van der Waals surface area contributed by atoms with E-state index >= 15 is 0 Å². The second kappa shape index (κ2) is 6.56. The van der Waals surface area contributed by atoms with Crippen LogP contribution in [0.3, 0.4) is 0 Å². The van der Waals surface area contributed by atoms with Crippen molar-refractivity contribution in [1.29, 1.82) is 0 Å². The molecule has 20 heavy (non-hydrogen) atoms. The Hall–Kier alpha value is -1.11. The van der Waals surface area contributed by atoms with Gasteiger partial charge in [-0.3, -0.25) is 18.8 Å². The molecule has 1 aliphatic rings. The van der Waals surface area contributed by atoms with Gasteiger partial charge < -0.3 is 5.32 Å². The Morgan fingerprint density at radius 2 is 1.70 bits per heavy atom. The van der Waals surface area contributed by atoms with Crippen LogP contribution in [0.1, 0.15) is 19.5 Å². The minimum atomic E-state index is -0.265. The third kappa shape index (κ3) is 3.50. The molecule has 0 saturated carbocycles. The topological polar surface area (TPSA) is 59.3 Å². The molecule has 2 unspecified atom stereocenters. The maximum Gasteiger partial charge on any atom is 0.330 e. The van der Waals surface area contributed by atoms with Crippen molar-refractivity contribution >= 4 is 12.4 Å². The summed E-state index contributed by atoms with van der Waals surface area (Å²) >= 11 is 0. The average Bonchev–Trinajstić information content (AvgIpc) is 2.32. The summed E-state index contributed by atoms with van der Waals surface area (Å²) in [7, 11) is 3.22. The molecule has 1 aromatic heterocycles. The first-order chi connectivity index (χ1) is 8.88. The Morgan fingerprint density at radius 1 is 1.15 bits per heavy atom. The van der Waals surface area contributed by atoms with Gasteiger partial charge in [0.1, 0.15) is 0 Å². The molecule has 1 N–H and O–H groups in total. The monoisotopic (exact) mass is 302 g/mol. The van der Waals surface area contributed by atoms with E-state index in [1.165, 1.54) is 7.05 Å². The molecule has 0 aliphatic carbocycles. The number of nitrogens with zero attached hydrogens (tertiary/aromatic N) is 3. The van der Waals surface area contributed by atoms with E-state index in [-0.39, 0.29) is 23.7 Å². The number of hydrogen-bond acceptors (Lipinski definition) is 4. The highest BCUT2D eigenvalue weighted by Crippen LogP contribution is 2.07. The summed E-state index contributed by atoms with van der Waals surface area (Å²) in [5.41, 5.74) is 0.266. The lowest BCUT2D eigenvalue weighted by Crippen LogP contribution is -2.54. The number of rotatable bonds is 2. The zero-order valence-corrected chi connectivity index (χ0v) is 13.2. The molecular formula is C13H23ClN4O2. The molecule has 7 heteroatoms. The Bertz CT molecular complexity index is 571. The fourth-order valence-corrected chi connectivity index (χ4v) is 2.73. The lowest BCUT2D eigenvalue weighted by molar-refractivity contribution is 0.163. The largest absolute Gasteiger partial charge is 0.330 e. The normalized spacial score (nSPS) is 23.4. The van der Waals surface area contributed by atoms with Crippen LogP contribution >= 0.6 is 12.4 Å². The van der Waals surface area contributed by atoms with Crippen molar-refractivity contribution in [2.24, 2.45) is 14.1 Å². The van der Waals surface area contributed by atoms with Gasteiger partial charge in [0.05, 0.1) is 0 Å². The van der Waals surface area contributed by atoms with Crippen molar-refractivity contribution in [2.45, 2.75) is 32.5 Å². The molecule has 2 rings (SSSR count). The highest BCUT2D eigenvalue weighted by molar-refractivity contribution is 5.85. The second-order valence-corrected chi connectivity index (χ2v) is 5.54. The Balaban J connectivity index is 0.00000200. The summed E-state index contributed by atoms with van der Waals surface area (Å²) in [6.45, 7) is 6.77. The van der Waals surface area contributed by atoms with E-state index in [1.54, 1.807) is 17.7 Å². The fourth-order valence-electron chi connectivity index (χ4n) is 2.73. The van der Waals surface area contributed by atoms with Gasteiger partial charge in [-0.15, -0.1) is 12.4 Å². The van der Waals surface area contributed by atoms with Crippen molar-refractivity contribution in [1.82, 2.24) is 19.4 Å². The van der Waals surface area contributed by atoms with E-state index in [9.17, 15) is 9.59 Å². The zero-order valence-electron chi connectivity index (χ0n) is 12.4. The van der Waals surface area contributed by atoms with Crippen molar-refractivity contribution < 1.29 is 0 Å². The predicted octanol–water partition coefficient (Wildman–Crippen LogP) is -0.312. The Labute approximate surface area is 124 Å². The highest BCUT2D eigenvalue weighted by atomic mass is 35.5. The standard InChI is InChI=1S/C13H22N4O2.ClH/c1-9-6-17(7-10(2)14-9)8-11-5-12(18)16(4)13(19)15(11)3;/h5,9-10,14H,6-8H2,1-4H3;1H. The van der Waals surface area contributed by atoms with E-state index in [2.05, 4.69) is 24.1 Å². The van der Waals surface area contributed by atoms with E-state index in [0.717, 1.165) is 23.4 Å². The number of piperazine rings is 1. The Kier molecular flexibility index (Phi) is 5.56. The summed E-state index contributed by atoms with van der Waals surface area (Å²) in [5.74, 6) is 0. The predicted molar refractivity (Wildman–Crippen MR) is 81.5 cm³/mol. The summed E-state index contributed by atoms with van der Waals surface area (Å²) < 4.78 is 2.69. The zero-order chi connectivity index (χ0) is 14.2. The summed E-state index contributed by atoms with van der Waals surface area (Å²) in [5, 5.41) is 3.47. The molecule has 1 aromatic rings. The fraction of sp³-hybridized carbons (Fsp3) is 0.692. The summed E-state index contributed by atoms with van der Waals surface area (Å²) in [6, 6.07) is 2.40. The third-order valence-electron chi connectivity index (χ3n) is 3.64. The van der Waals surface area contributed by atoms with Crippen LogP contribution in [0, 0.1) is 0 Å². The quantitative estimate of drug-likeness (QED) is 0.814. The van der Waals surface area contributed by atoms with Gasteiger partial charge in [-0.05, 0) is 13.8 Å². The average molecular weight is 303 g/mol. The van der Waals surface area contributed by atoms with Crippen LogP contribution in [0.2, 0.25) is 0 Å². The maximum atomic E-state index is 11.9.